The summed E-state index contributed by atoms with van der Waals surface area (Å²) >= 11 is 0. The summed E-state index contributed by atoms with van der Waals surface area (Å²) in [5, 5.41) is 7.95. The van der Waals surface area contributed by atoms with E-state index in [1.54, 1.807) is 6.20 Å². The number of nitrogens with zero attached hydrogens (tertiary/aromatic N) is 3. The van der Waals surface area contributed by atoms with Crippen LogP contribution in [0.3, 0.4) is 0 Å². The molecule has 0 aromatic carbocycles. The molecule has 0 bridgehead atoms. The molecule has 0 N–H and O–H groups in total. The van der Waals surface area contributed by atoms with Crippen molar-refractivity contribution >= 4 is 0 Å². The van der Waals surface area contributed by atoms with Crippen LogP contribution in [0.15, 0.2) is 30.6 Å². The fraction of sp³-hybridized carbons (Fsp3) is 0.100. The summed E-state index contributed by atoms with van der Waals surface area (Å²) in [4.78, 5) is 4.31. The Hall–Kier alpha value is -1.77. The lowest BCUT2D eigenvalue weighted by Crippen LogP contribution is -1.88. The van der Waals surface area contributed by atoms with Gasteiger partial charge in [0, 0.05) is 23.7 Å². The molecule has 2 aromatic rings. The average molecular weight is 169 g/mol. The van der Waals surface area contributed by atoms with E-state index in [0.717, 1.165) is 17.8 Å². The van der Waals surface area contributed by atoms with Crippen LogP contribution in [0.2, 0.25) is 0 Å². The summed E-state index contributed by atoms with van der Waals surface area (Å²) in [6, 6.07) is 6.03. The molecule has 0 saturated carbocycles. The quantitative estimate of drug-likeness (QED) is 0.511. The fourth-order valence-electron chi connectivity index (χ4n) is 1.72. The van der Waals surface area contributed by atoms with Crippen molar-refractivity contribution in [3.8, 4) is 11.1 Å². The van der Waals surface area contributed by atoms with E-state index in [4.69, 9.17) is 0 Å². The number of hydrogen-bond acceptors (Lipinski definition) is 3. The largest absolute Gasteiger partial charge is 0.260 e. The molecule has 0 radical (unpaired) electrons. The van der Waals surface area contributed by atoms with Crippen molar-refractivity contribution in [2.45, 2.75) is 6.42 Å². The van der Waals surface area contributed by atoms with Crippen LogP contribution >= 0.6 is 0 Å². The van der Waals surface area contributed by atoms with Crippen LogP contribution in [-0.4, -0.2) is 15.2 Å². The molecule has 3 heteroatoms. The van der Waals surface area contributed by atoms with E-state index in [0.29, 0.717) is 0 Å². The first-order valence-electron chi connectivity index (χ1n) is 4.20. The van der Waals surface area contributed by atoms with Gasteiger partial charge in [-0.25, -0.2) is 0 Å². The third-order valence-electron chi connectivity index (χ3n) is 2.31. The third-order valence-corrected chi connectivity index (χ3v) is 2.31. The number of fused-ring (bicyclic) bond motifs is 3. The lowest BCUT2D eigenvalue weighted by atomic mass is 10.1. The standard InChI is InChI=1S/C10H7N3/c1-2-7-8-3-5-12-13-10(8)6-9(7)11-4-1/h1-5H,6H2. The highest BCUT2D eigenvalue weighted by atomic mass is 15.1. The summed E-state index contributed by atoms with van der Waals surface area (Å²) in [5.41, 5.74) is 4.53. The monoisotopic (exact) mass is 169 g/mol. The minimum Gasteiger partial charge on any atom is -0.260 e. The highest BCUT2D eigenvalue weighted by Crippen LogP contribution is 2.32. The first-order valence-corrected chi connectivity index (χ1v) is 4.20. The molecular weight excluding hydrogens is 162 g/mol. The lowest BCUT2D eigenvalue weighted by molar-refractivity contribution is 0.947. The Morgan fingerprint density at radius 1 is 1.00 bits per heavy atom. The Kier molecular flexibility index (Phi) is 1.22. The molecular formula is C10H7N3. The number of pyridine rings is 1. The van der Waals surface area contributed by atoms with Gasteiger partial charge in [-0.15, -0.1) is 0 Å². The van der Waals surface area contributed by atoms with Crippen LogP contribution in [-0.2, 0) is 6.42 Å². The van der Waals surface area contributed by atoms with Gasteiger partial charge in [-0.1, -0.05) is 6.07 Å². The summed E-state index contributed by atoms with van der Waals surface area (Å²) in [6.45, 7) is 0. The van der Waals surface area contributed by atoms with Gasteiger partial charge in [0.05, 0.1) is 17.6 Å². The highest BCUT2D eigenvalue weighted by Gasteiger charge is 2.19. The normalized spacial score (nSPS) is 12.3. The maximum Gasteiger partial charge on any atom is 0.0769 e. The third kappa shape index (κ3) is 0.869. The zero-order valence-electron chi connectivity index (χ0n) is 6.94. The van der Waals surface area contributed by atoms with Gasteiger partial charge in [-0.3, -0.25) is 4.98 Å². The second-order valence-electron chi connectivity index (χ2n) is 3.07. The van der Waals surface area contributed by atoms with Crippen molar-refractivity contribution in [1.29, 1.82) is 0 Å². The molecule has 2 heterocycles. The Morgan fingerprint density at radius 3 is 2.92 bits per heavy atom. The molecule has 0 spiro atoms. The minimum atomic E-state index is 0.819. The van der Waals surface area contributed by atoms with Crippen LogP contribution < -0.4 is 0 Å². The SMILES string of the molecule is c1cnc2c(c1)-c1ccnnc1C2. The van der Waals surface area contributed by atoms with Crippen LogP contribution in [0.5, 0.6) is 0 Å². The van der Waals surface area contributed by atoms with E-state index >= 15 is 0 Å². The van der Waals surface area contributed by atoms with Gasteiger partial charge < -0.3 is 0 Å². The van der Waals surface area contributed by atoms with Crippen molar-refractivity contribution in [2.75, 3.05) is 0 Å². The van der Waals surface area contributed by atoms with E-state index in [2.05, 4.69) is 21.2 Å². The van der Waals surface area contributed by atoms with Crippen LogP contribution in [0.4, 0.5) is 0 Å². The summed E-state index contributed by atoms with van der Waals surface area (Å²) < 4.78 is 0. The van der Waals surface area contributed by atoms with Crippen molar-refractivity contribution in [3.63, 3.8) is 0 Å². The number of rotatable bonds is 0. The molecule has 0 aliphatic heterocycles. The molecule has 0 saturated heterocycles. The predicted octanol–water partition coefficient (Wildman–Crippen LogP) is 1.44. The van der Waals surface area contributed by atoms with Crippen molar-refractivity contribution in [3.05, 3.63) is 42.0 Å². The highest BCUT2D eigenvalue weighted by molar-refractivity contribution is 5.72. The Labute approximate surface area is 75.5 Å². The van der Waals surface area contributed by atoms with E-state index in [-0.39, 0.29) is 0 Å². The van der Waals surface area contributed by atoms with Crippen molar-refractivity contribution < 1.29 is 0 Å². The van der Waals surface area contributed by atoms with Gasteiger partial charge in [-0.05, 0) is 12.1 Å². The number of aromatic nitrogens is 3. The van der Waals surface area contributed by atoms with Gasteiger partial charge >= 0.3 is 0 Å². The molecule has 3 rings (SSSR count). The molecule has 0 unspecified atom stereocenters. The molecule has 0 atom stereocenters. The van der Waals surface area contributed by atoms with Gasteiger partial charge in [0.1, 0.15) is 0 Å². The molecule has 1 aliphatic rings. The Morgan fingerprint density at radius 2 is 1.92 bits per heavy atom. The molecule has 1 aliphatic carbocycles. The smallest absolute Gasteiger partial charge is 0.0769 e. The van der Waals surface area contributed by atoms with Gasteiger partial charge in [0.15, 0.2) is 0 Å². The van der Waals surface area contributed by atoms with Crippen LogP contribution in [0.1, 0.15) is 11.4 Å². The second-order valence-corrected chi connectivity index (χ2v) is 3.07. The number of hydrogen-bond donors (Lipinski definition) is 0. The van der Waals surface area contributed by atoms with Gasteiger partial charge in [0.25, 0.3) is 0 Å². The average Bonchev–Trinajstić information content (AvgIpc) is 2.56. The second kappa shape index (κ2) is 2.36. The van der Waals surface area contributed by atoms with E-state index in [9.17, 15) is 0 Å². The summed E-state index contributed by atoms with van der Waals surface area (Å²) in [6.07, 6.45) is 4.36. The lowest BCUT2D eigenvalue weighted by Gasteiger charge is -1.96. The van der Waals surface area contributed by atoms with E-state index in [1.165, 1.54) is 11.1 Å². The van der Waals surface area contributed by atoms with E-state index < -0.39 is 0 Å². The molecule has 62 valence electrons. The minimum absolute atomic E-state index is 0.819. The predicted molar refractivity (Wildman–Crippen MR) is 48.1 cm³/mol. The van der Waals surface area contributed by atoms with Gasteiger partial charge in [-0.2, -0.15) is 10.2 Å². The maximum atomic E-state index is 4.31. The first kappa shape index (κ1) is 6.71. The summed E-state index contributed by atoms with van der Waals surface area (Å²) in [7, 11) is 0. The van der Waals surface area contributed by atoms with Gasteiger partial charge in [0.2, 0.25) is 0 Å². The van der Waals surface area contributed by atoms with Crippen LogP contribution in [0, 0.1) is 0 Å². The van der Waals surface area contributed by atoms with E-state index in [1.807, 2.05) is 18.3 Å². The van der Waals surface area contributed by atoms with Crippen molar-refractivity contribution in [1.82, 2.24) is 15.2 Å². The molecule has 0 amide bonds. The molecule has 2 aromatic heterocycles. The fourth-order valence-corrected chi connectivity index (χ4v) is 1.72. The molecule has 3 nitrogen and oxygen atoms in total. The Bertz CT molecular complexity index is 422. The zero-order valence-corrected chi connectivity index (χ0v) is 6.94. The van der Waals surface area contributed by atoms with Crippen LogP contribution in [0.25, 0.3) is 11.1 Å². The Balaban J connectivity index is 2.32. The first-order chi connectivity index (χ1) is 6.45. The topological polar surface area (TPSA) is 38.7 Å². The maximum absolute atomic E-state index is 4.31. The zero-order chi connectivity index (χ0) is 8.67. The van der Waals surface area contributed by atoms with Crippen molar-refractivity contribution in [2.24, 2.45) is 0 Å². The molecule has 0 fully saturated rings. The summed E-state index contributed by atoms with van der Waals surface area (Å²) in [5.74, 6) is 0. The molecule has 13 heavy (non-hydrogen) atoms.